The lowest BCUT2D eigenvalue weighted by Gasteiger charge is -2.64. The molecule has 2 aliphatic heterocycles. The van der Waals surface area contributed by atoms with Crippen LogP contribution >= 0.6 is 0 Å². The first-order chi connectivity index (χ1) is 21.5. The third-order valence-electron chi connectivity index (χ3n) is 13.1. The lowest BCUT2D eigenvalue weighted by Crippen LogP contribution is -2.63. The van der Waals surface area contributed by atoms with E-state index in [0.717, 1.165) is 68.9 Å². The van der Waals surface area contributed by atoms with Crippen LogP contribution in [-0.2, 0) is 30.6 Å². The molecule has 4 N–H and O–H groups in total. The van der Waals surface area contributed by atoms with Crippen molar-refractivity contribution in [1.82, 2.24) is 5.23 Å². The predicted octanol–water partition coefficient (Wildman–Crippen LogP) is 3.42. The number of ether oxygens (including phenoxy) is 2. The number of aliphatic hydroxyl groups is 4. The summed E-state index contributed by atoms with van der Waals surface area (Å²) in [5.74, 6) is 0.955. The van der Waals surface area contributed by atoms with Crippen LogP contribution in [0.15, 0.2) is 42.0 Å². The van der Waals surface area contributed by atoms with E-state index in [1.54, 1.807) is 6.08 Å². The second-order valence-electron chi connectivity index (χ2n) is 15.1. The zero-order valence-corrected chi connectivity index (χ0v) is 26.4. The van der Waals surface area contributed by atoms with Gasteiger partial charge in [-0.15, -0.1) is 0 Å². The summed E-state index contributed by atoms with van der Waals surface area (Å²) in [6.07, 6.45) is 4.76. The van der Waals surface area contributed by atoms with Crippen molar-refractivity contribution in [2.75, 3.05) is 13.2 Å². The van der Waals surface area contributed by atoms with Crippen molar-refractivity contribution in [2.24, 2.45) is 34.5 Å². The van der Waals surface area contributed by atoms with Crippen LogP contribution in [0.4, 0.5) is 0 Å². The van der Waals surface area contributed by atoms with E-state index in [0.29, 0.717) is 18.4 Å². The van der Waals surface area contributed by atoms with Crippen LogP contribution in [0.5, 0.6) is 0 Å². The third kappa shape index (κ3) is 5.30. The number of cyclic esters (lactones) is 1. The van der Waals surface area contributed by atoms with E-state index < -0.39 is 30.2 Å². The minimum atomic E-state index is -1.42. The highest BCUT2D eigenvalue weighted by Gasteiger charge is 2.68. The van der Waals surface area contributed by atoms with Crippen LogP contribution in [0.25, 0.3) is 0 Å². The minimum Gasteiger partial charge on any atom is -0.458 e. The second-order valence-corrected chi connectivity index (χ2v) is 15.1. The normalized spacial score (nSPS) is 46.2. The van der Waals surface area contributed by atoms with E-state index in [9.17, 15) is 25.2 Å². The monoisotopic (exact) mass is 627 g/mol. The molecular weight excluding hydrogens is 578 g/mol. The average molecular weight is 628 g/mol. The number of rotatable bonds is 7. The Morgan fingerprint density at radius 1 is 0.956 bits per heavy atom. The lowest BCUT2D eigenvalue weighted by molar-refractivity contribution is -0.462. The van der Waals surface area contributed by atoms with Gasteiger partial charge in [-0.1, -0.05) is 49.4 Å². The SMILES string of the molecule is C[C@]12CC[C@H](N(OCc3ccccc3)OC3OC[C@H](O)[C@@H](O)[C@@H]3O)C[C@H]1CC[C@@H]1[C@@H]2CC[C@]2(C)[C@@H](C3=CC(=O)OC3)CC[C@]12O. The Bertz CT molecular complexity index is 1280. The Morgan fingerprint density at radius 2 is 1.76 bits per heavy atom. The second kappa shape index (κ2) is 12.0. The summed E-state index contributed by atoms with van der Waals surface area (Å²) in [6, 6.07) is 9.72. The van der Waals surface area contributed by atoms with Crippen molar-refractivity contribution in [2.45, 2.75) is 114 Å². The zero-order chi connectivity index (χ0) is 31.6. The number of benzene rings is 1. The van der Waals surface area contributed by atoms with E-state index in [-0.39, 0.29) is 47.9 Å². The van der Waals surface area contributed by atoms with Crippen LogP contribution in [0.2, 0.25) is 0 Å². The molecule has 1 unspecified atom stereocenters. The summed E-state index contributed by atoms with van der Waals surface area (Å²) < 4.78 is 10.9. The summed E-state index contributed by atoms with van der Waals surface area (Å²) >= 11 is 0. The summed E-state index contributed by atoms with van der Waals surface area (Å²) in [4.78, 5) is 24.3. The molecule has 0 radical (unpaired) electrons. The summed E-state index contributed by atoms with van der Waals surface area (Å²) in [6.45, 7) is 5.17. The van der Waals surface area contributed by atoms with Gasteiger partial charge in [-0.05, 0) is 98.0 Å². The zero-order valence-electron chi connectivity index (χ0n) is 26.4. The number of carbonyl (C=O) groups is 1. The van der Waals surface area contributed by atoms with Gasteiger partial charge in [-0.2, -0.15) is 0 Å². The standard InChI is InChI=1S/C35H49NO9/c1-33-13-10-24(36(44-18-21-6-4-3-5-7-21)45-32-31(40)30(39)28(37)20-43-32)17-23(33)8-9-27-26(33)11-14-34(2)25(12-15-35(27,34)41)22-16-29(38)42-19-22/h3-7,16,23-28,30-32,37,39-41H,8-15,17-20H2,1-2H3/t23-,24+,25-,26+,27-,28+,30-,31+,32?,33+,34-,35+/m1/s1. The molecule has 0 amide bonds. The van der Waals surface area contributed by atoms with Gasteiger partial charge in [-0.3, -0.25) is 4.84 Å². The van der Waals surface area contributed by atoms with Crippen LogP contribution < -0.4 is 0 Å². The topological polar surface area (TPSA) is 138 Å². The maximum absolute atomic E-state index is 12.6. The van der Waals surface area contributed by atoms with E-state index in [1.165, 1.54) is 5.23 Å². The molecule has 1 aromatic rings. The van der Waals surface area contributed by atoms with E-state index in [4.69, 9.17) is 19.1 Å². The molecular formula is C35H49NO9. The molecule has 5 fully saturated rings. The number of hydrogen-bond acceptors (Lipinski definition) is 10. The number of aliphatic hydroxyl groups excluding tert-OH is 3. The Hall–Kier alpha value is -1.89. The first-order valence-electron chi connectivity index (χ1n) is 16.9. The fourth-order valence-corrected chi connectivity index (χ4v) is 10.5. The van der Waals surface area contributed by atoms with E-state index >= 15 is 0 Å². The molecule has 4 aliphatic carbocycles. The van der Waals surface area contributed by atoms with Crippen molar-refractivity contribution in [3.8, 4) is 0 Å². The van der Waals surface area contributed by atoms with Crippen LogP contribution in [-0.4, -0.2) is 81.1 Å². The molecule has 4 saturated carbocycles. The van der Waals surface area contributed by atoms with Crippen molar-refractivity contribution < 1.29 is 44.4 Å². The number of esters is 1. The van der Waals surface area contributed by atoms with Gasteiger partial charge in [-0.25, -0.2) is 9.63 Å². The number of carbonyl (C=O) groups excluding carboxylic acids is 1. The summed E-state index contributed by atoms with van der Waals surface area (Å²) in [5, 5.41) is 44.9. The molecule has 45 heavy (non-hydrogen) atoms. The van der Waals surface area contributed by atoms with Gasteiger partial charge >= 0.3 is 5.97 Å². The van der Waals surface area contributed by atoms with Crippen LogP contribution in [0, 0.1) is 34.5 Å². The maximum atomic E-state index is 12.6. The number of hydrogen-bond donors (Lipinski definition) is 4. The molecule has 1 saturated heterocycles. The quantitative estimate of drug-likeness (QED) is 0.263. The largest absolute Gasteiger partial charge is 0.458 e. The van der Waals surface area contributed by atoms with Gasteiger partial charge in [0.1, 0.15) is 24.9 Å². The van der Waals surface area contributed by atoms with Gasteiger partial charge in [0.05, 0.1) is 24.9 Å². The molecule has 7 rings (SSSR count). The highest BCUT2D eigenvalue weighted by atomic mass is 17.0. The van der Waals surface area contributed by atoms with Crippen molar-refractivity contribution >= 4 is 5.97 Å². The highest BCUT2D eigenvalue weighted by molar-refractivity contribution is 5.85. The molecule has 0 spiro atoms. The fourth-order valence-electron chi connectivity index (χ4n) is 10.5. The van der Waals surface area contributed by atoms with Crippen molar-refractivity contribution in [1.29, 1.82) is 0 Å². The van der Waals surface area contributed by atoms with Gasteiger partial charge in [0.2, 0.25) is 6.29 Å². The molecule has 10 heteroatoms. The van der Waals surface area contributed by atoms with Crippen molar-refractivity contribution in [3.05, 3.63) is 47.5 Å². The number of hydroxylamine groups is 2. The minimum absolute atomic E-state index is 0.0620. The fraction of sp³-hybridized carbons (Fsp3) is 0.743. The Kier molecular flexibility index (Phi) is 8.43. The third-order valence-corrected chi connectivity index (χ3v) is 13.1. The molecule has 2 heterocycles. The number of fused-ring (bicyclic) bond motifs is 5. The van der Waals surface area contributed by atoms with Crippen molar-refractivity contribution in [3.63, 3.8) is 0 Å². The molecule has 12 atom stereocenters. The van der Waals surface area contributed by atoms with E-state index in [2.05, 4.69) is 13.8 Å². The van der Waals surface area contributed by atoms with Gasteiger partial charge < -0.3 is 29.9 Å². The average Bonchev–Trinajstić information content (AvgIpc) is 3.58. The maximum Gasteiger partial charge on any atom is 0.331 e. The van der Waals surface area contributed by atoms with Crippen LogP contribution in [0.1, 0.15) is 77.2 Å². The molecule has 6 aliphatic rings. The molecule has 10 nitrogen and oxygen atoms in total. The smallest absolute Gasteiger partial charge is 0.331 e. The number of nitrogens with zero attached hydrogens (tertiary/aromatic N) is 1. The molecule has 0 aromatic heterocycles. The summed E-state index contributed by atoms with van der Waals surface area (Å²) in [5.41, 5.74) is 1.08. The molecule has 248 valence electrons. The Balaban J connectivity index is 1.08. The lowest BCUT2D eigenvalue weighted by atomic mass is 9.43. The molecule has 1 aromatic carbocycles. The van der Waals surface area contributed by atoms with Gasteiger partial charge in [0, 0.05) is 11.5 Å². The van der Waals surface area contributed by atoms with Gasteiger partial charge in [0.25, 0.3) is 0 Å². The van der Waals surface area contributed by atoms with E-state index in [1.807, 2.05) is 30.3 Å². The van der Waals surface area contributed by atoms with Gasteiger partial charge in [0.15, 0.2) is 0 Å². The molecule has 0 bridgehead atoms. The predicted molar refractivity (Wildman–Crippen MR) is 161 cm³/mol. The summed E-state index contributed by atoms with van der Waals surface area (Å²) in [7, 11) is 0. The first kappa shape index (κ1) is 31.7. The highest BCUT2D eigenvalue weighted by Crippen LogP contribution is 2.70. The first-order valence-corrected chi connectivity index (χ1v) is 16.9. The Morgan fingerprint density at radius 3 is 2.51 bits per heavy atom. The van der Waals surface area contributed by atoms with Crippen LogP contribution in [0.3, 0.4) is 0 Å². The Labute approximate surface area is 265 Å².